The van der Waals surface area contributed by atoms with Crippen LogP contribution in [-0.4, -0.2) is 38.6 Å². The van der Waals surface area contributed by atoms with Crippen molar-refractivity contribution in [1.29, 1.82) is 0 Å². The van der Waals surface area contributed by atoms with E-state index in [-0.39, 0.29) is 18.7 Å². The molecule has 7 nitrogen and oxygen atoms in total. The van der Waals surface area contributed by atoms with E-state index in [4.69, 9.17) is 5.11 Å². The van der Waals surface area contributed by atoms with Crippen LogP contribution in [0.25, 0.3) is 0 Å². The topological polar surface area (TPSA) is 108 Å². The Labute approximate surface area is 115 Å². The number of nitrogens with zero attached hydrogens (tertiary/aromatic N) is 2. The molecule has 0 bridgehead atoms. The Hall–Kier alpha value is -2.15. The van der Waals surface area contributed by atoms with Crippen molar-refractivity contribution >= 4 is 5.71 Å². The summed E-state index contributed by atoms with van der Waals surface area (Å²) in [4.78, 5) is 29.8. The van der Waals surface area contributed by atoms with Gasteiger partial charge in [0, 0.05) is 19.7 Å². The van der Waals surface area contributed by atoms with Crippen LogP contribution in [0.4, 0.5) is 0 Å². The lowest BCUT2D eigenvalue weighted by Crippen LogP contribution is -2.33. The van der Waals surface area contributed by atoms with Gasteiger partial charge < -0.3 is 10.2 Å². The number of rotatable bonds is 7. The van der Waals surface area contributed by atoms with E-state index in [9.17, 15) is 14.7 Å². The van der Waals surface area contributed by atoms with Crippen molar-refractivity contribution in [2.24, 2.45) is 4.99 Å². The molecule has 0 unspecified atom stereocenters. The van der Waals surface area contributed by atoms with E-state index < -0.39 is 17.1 Å². The summed E-state index contributed by atoms with van der Waals surface area (Å²) < 4.78 is 1.01. The van der Waals surface area contributed by atoms with Crippen LogP contribution in [-0.2, 0) is 6.54 Å². The van der Waals surface area contributed by atoms with Crippen molar-refractivity contribution in [3.05, 3.63) is 39.1 Å². The molecule has 1 rings (SSSR count). The van der Waals surface area contributed by atoms with Gasteiger partial charge in [0.2, 0.25) is 5.88 Å². The molecule has 0 aliphatic heterocycles. The lowest BCUT2D eigenvalue weighted by atomic mass is 10.1. The fourth-order valence-corrected chi connectivity index (χ4v) is 1.77. The standard InChI is InChI=1S/C13H19N3O4/c1-3-7-16-12(19)10(11(18)15-13(16)20)9(4-2)14-6-5-8-17/h3,17,19H,1,4-8H2,2H3,(H,15,18,20). The predicted octanol–water partition coefficient (Wildman–Crippen LogP) is 0.00970. The van der Waals surface area contributed by atoms with Gasteiger partial charge in [-0.3, -0.25) is 19.3 Å². The molecule has 7 heteroatoms. The van der Waals surface area contributed by atoms with E-state index >= 15 is 0 Å². The van der Waals surface area contributed by atoms with E-state index in [0.717, 1.165) is 4.57 Å². The molecule has 0 atom stereocenters. The fourth-order valence-electron chi connectivity index (χ4n) is 1.77. The SMILES string of the molecule is C=CCn1c(O)c(C(CC)=NCCCO)c(=O)[nH]c1=O. The van der Waals surface area contributed by atoms with Gasteiger partial charge in [-0.1, -0.05) is 13.0 Å². The molecule has 0 fully saturated rings. The number of aromatic nitrogens is 2. The number of aromatic amines is 1. The van der Waals surface area contributed by atoms with Gasteiger partial charge in [0.1, 0.15) is 5.56 Å². The minimum atomic E-state index is -0.693. The molecule has 0 saturated carbocycles. The second-order valence-electron chi connectivity index (χ2n) is 4.12. The Bertz CT molecular complexity index is 613. The zero-order chi connectivity index (χ0) is 15.1. The van der Waals surface area contributed by atoms with Gasteiger partial charge >= 0.3 is 5.69 Å². The lowest BCUT2D eigenvalue weighted by Gasteiger charge is -2.10. The average Bonchev–Trinajstić information content (AvgIpc) is 2.41. The maximum atomic E-state index is 11.9. The first-order valence-electron chi connectivity index (χ1n) is 6.38. The number of aliphatic hydroxyl groups is 1. The molecule has 20 heavy (non-hydrogen) atoms. The summed E-state index contributed by atoms with van der Waals surface area (Å²) in [6.07, 6.45) is 2.33. The average molecular weight is 281 g/mol. The van der Waals surface area contributed by atoms with Crippen molar-refractivity contribution in [1.82, 2.24) is 9.55 Å². The Morgan fingerprint density at radius 3 is 2.75 bits per heavy atom. The van der Waals surface area contributed by atoms with Crippen molar-refractivity contribution in [3.63, 3.8) is 0 Å². The van der Waals surface area contributed by atoms with Crippen molar-refractivity contribution in [2.45, 2.75) is 26.3 Å². The Kier molecular flexibility index (Phi) is 5.92. The maximum absolute atomic E-state index is 11.9. The first-order valence-corrected chi connectivity index (χ1v) is 6.38. The molecule has 0 aliphatic carbocycles. The number of hydrogen-bond acceptors (Lipinski definition) is 5. The highest BCUT2D eigenvalue weighted by Gasteiger charge is 2.17. The number of H-pyrrole nitrogens is 1. The van der Waals surface area contributed by atoms with E-state index in [1.807, 2.05) is 0 Å². The second kappa shape index (κ2) is 7.44. The Morgan fingerprint density at radius 1 is 1.50 bits per heavy atom. The molecule has 3 N–H and O–H groups in total. The number of aliphatic hydroxyl groups excluding tert-OH is 1. The Morgan fingerprint density at radius 2 is 2.20 bits per heavy atom. The summed E-state index contributed by atoms with van der Waals surface area (Å²) in [5, 5.41) is 18.8. The van der Waals surface area contributed by atoms with Gasteiger partial charge in [-0.25, -0.2) is 4.79 Å². The van der Waals surface area contributed by atoms with Gasteiger partial charge in [0.15, 0.2) is 0 Å². The monoisotopic (exact) mass is 281 g/mol. The Balaban J connectivity index is 3.39. The summed E-state index contributed by atoms with van der Waals surface area (Å²) in [6, 6.07) is 0. The van der Waals surface area contributed by atoms with Crippen LogP contribution < -0.4 is 11.2 Å². The molecule has 110 valence electrons. The van der Waals surface area contributed by atoms with Crippen LogP contribution in [0, 0.1) is 0 Å². The van der Waals surface area contributed by atoms with Crippen molar-refractivity contribution in [3.8, 4) is 5.88 Å². The molecule has 0 amide bonds. The zero-order valence-electron chi connectivity index (χ0n) is 11.4. The van der Waals surface area contributed by atoms with Crippen LogP contribution in [0.5, 0.6) is 5.88 Å². The molecule has 0 aromatic carbocycles. The van der Waals surface area contributed by atoms with Crippen LogP contribution in [0.2, 0.25) is 0 Å². The summed E-state index contributed by atoms with van der Waals surface area (Å²) >= 11 is 0. The lowest BCUT2D eigenvalue weighted by molar-refractivity contribution is 0.291. The third-order valence-corrected chi connectivity index (χ3v) is 2.73. The molecule has 1 aromatic rings. The molecule has 1 aromatic heterocycles. The van der Waals surface area contributed by atoms with Gasteiger partial charge in [0.05, 0.1) is 5.71 Å². The summed E-state index contributed by atoms with van der Waals surface area (Å²) in [5.41, 5.74) is -0.971. The fraction of sp³-hybridized carbons (Fsp3) is 0.462. The first kappa shape index (κ1) is 15.9. The van der Waals surface area contributed by atoms with E-state index in [2.05, 4.69) is 16.6 Å². The number of aliphatic imine (C=N–C) groups is 1. The van der Waals surface area contributed by atoms with Crippen LogP contribution >= 0.6 is 0 Å². The number of hydrogen-bond donors (Lipinski definition) is 3. The molecule has 0 spiro atoms. The summed E-state index contributed by atoms with van der Waals surface area (Å²) in [6.45, 7) is 5.72. The minimum Gasteiger partial charge on any atom is -0.494 e. The third-order valence-electron chi connectivity index (χ3n) is 2.73. The van der Waals surface area contributed by atoms with Gasteiger partial charge in [-0.15, -0.1) is 6.58 Å². The highest BCUT2D eigenvalue weighted by Crippen LogP contribution is 2.13. The molecular formula is C13H19N3O4. The van der Waals surface area contributed by atoms with Crippen molar-refractivity contribution < 1.29 is 10.2 Å². The highest BCUT2D eigenvalue weighted by atomic mass is 16.3. The van der Waals surface area contributed by atoms with E-state index in [1.165, 1.54) is 6.08 Å². The molecular weight excluding hydrogens is 262 g/mol. The number of nitrogens with one attached hydrogen (secondary N) is 1. The molecule has 0 aliphatic rings. The highest BCUT2D eigenvalue weighted by molar-refractivity contribution is 6.01. The first-order chi connectivity index (χ1) is 9.56. The van der Waals surface area contributed by atoms with Gasteiger partial charge in [-0.05, 0) is 12.8 Å². The van der Waals surface area contributed by atoms with E-state index in [1.54, 1.807) is 6.92 Å². The summed E-state index contributed by atoms with van der Waals surface area (Å²) in [5.74, 6) is -0.414. The number of allylic oxidation sites excluding steroid dienone is 1. The quantitative estimate of drug-likeness (QED) is 0.371. The zero-order valence-corrected chi connectivity index (χ0v) is 11.4. The van der Waals surface area contributed by atoms with E-state index in [0.29, 0.717) is 25.1 Å². The molecule has 0 radical (unpaired) electrons. The molecule has 1 heterocycles. The van der Waals surface area contributed by atoms with Crippen LogP contribution in [0.15, 0.2) is 27.2 Å². The maximum Gasteiger partial charge on any atom is 0.331 e. The molecule has 0 saturated heterocycles. The predicted molar refractivity (Wildman–Crippen MR) is 76.6 cm³/mol. The second-order valence-corrected chi connectivity index (χ2v) is 4.12. The smallest absolute Gasteiger partial charge is 0.331 e. The van der Waals surface area contributed by atoms with Crippen molar-refractivity contribution in [2.75, 3.05) is 13.2 Å². The van der Waals surface area contributed by atoms with Crippen LogP contribution in [0.3, 0.4) is 0 Å². The third kappa shape index (κ3) is 3.45. The number of aromatic hydroxyl groups is 1. The normalized spacial score (nSPS) is 11.6. The van der Waals surface area contributed by atoms with Gasteiger partial charge in [-0.2, -0.15) is 0 Å². The largest absolute Gasteiger partial charge is 0.494 e. The summed E-state index contributed by atoms with van der Waals surface area (Å²) in [7, 11) is 0. The minimum absolute atomic E-state index is 0.00119. The van der Waals surface area contributed by atoms with Gasteiger partial charge in [0.25, 0.3) is 5.56 Å². The van der Waals surface area contributed by atoms with Crippen LogP contribution in [0.1, 0.15) is 25.3 Å².